The molecule has 0 aliphatic rings. The SMILES string of the molecule is CC.CC.CCCCCCC(CCCC)C(C)=O. The molecule has 0 aromatic carbocycles. The first-order chi connectivity index (χ1) is 8.72. The number of carbonyl (C=O) groups is 1. The van der Waals surface area contributed by atoms with Crippen molar-refractivity contribution in [1.82, 2.24) is 0 Å². The van der Waals surface area contributed by atoms with Gasteiger partial charge < -0.3 is 0 Å². The zero-order valence-corrected chi connectivity index (χ0v) is 14.1. The van der Waals surface area contributed by atoms with Crippen molar-refractivity contribution in [3.05, 3.63) is 0 Å². The van der Waals surface area contributed by atoms with Crippen molar-refractivity contribution in [3.8, 4) is 0 Å². The minimum Gasteiger partial charge on any atom is -0.300 e. The molecule has 0 rings (SSSR count). The lowest BCUT2D eigenvalue weighted by Gasteiger charge is -2.12. The van der Waals surface area contributed by atoms with Crippen LogP contribution in [-0.4, -0.2) is 5.78 Å². The number of Topliss-reactive ketones (excluding diaryl/α,β-unsaturated/α-hetero) is 1. The molecular weight excluding hydrogens is 220 g/mol. The molecule has 0 aromatic heterocycles. The molecule has 1 nitrogen and oxygen atoms in total. The summed E-state index contributed by atoms with van der Waals surface area (Å²) in [5.41, 5.74) is 0. The van der Waals surface area contributed by atoms with Crippen LogP contribution in [0.5, 0.6) is 0 Å². The largest absolute Gasteiger partial charge is 0.300 e. The zero-order chi connectivity index (χ0) is 14.8. The first-order valence-corrected chi connectivity index (χ1v) is 8.22. The summed E-state index contributed by atoms with van der Waals surface area (Å²) in [6.07, 6.45) is 9.77. The second kappa shape index (κ2) is 21.9. The summed E-state index contributed by atoms with van der Waals surface area (Å²) in [5.74, 6) is 0.752. The molecule has 0 heterocycles. The van der Waals surface area contributed by atoms with Crippen LogP contribution in [0.15, 0.2) is 0 Å². The molecule has 0 radical (unpaired) electrons. The summed E-state index contributed by atoms with van der Waals surface area (Å²) in [6, 6.07) is 0. The Labute approximate surface area is 117 Å². The van der Waals surface area contributed by atoms with Crippen molar-refractivity contribution in [2.24, 2.45) is 5.92 Å². The van der Waals surface area contributed by atoms with Crippen molar-refractivity contribution in [3.63, 3.8) is 0 Å². The maximum Gasteiger partial charge on any atom is 0.132 e. The van der Waals surface area contributed by atoms with Gasteiger partial charge >= 0.3 is 0 Å². The topological polar surface area (TPSA) is 17.1 Å². The quantitative estimate of drug-likeness (QED) is 0.437. The van der Waals surface area contributed by atoms with Crippen LogP contribution in [0, 0.1) is 5.92 Å². The fraction of sp³-hybridized carbons (Fsp3) is 0.941. The molecule has 0 spiro atoms. The van der Waals surface area contributed by atoms with Crippen LogP contribution in [0.25, 0.3) is 0 Å². The minimum atomic E-state index is 0.354. The van der Waals surface area contributed by atoms with Crippen molar-refractivity contribution in [1.29, 1.82) is 0 Å². The van der Waals surface area contributed by atoms with Gasteiger partial charge in [0.05, 0.1) is 0 Å². The predicted octanol–water partition coefficient (Wildman–Crippen LogP) is 6.40. The molecule has 0 saturated heterocycles. The Morgan fingerprint density at radius 2 is 1.22 bits per heavy atom. The van der Waals surface area contributed by atoms with Gasteiger partial charge in [-0.2, -0.15) is 0 Å². The molecule has 0 N–H and O–H groups in total. The van der Waals surface area contributed by atoms with Crippen LogP contribution in [-0.2, 0) is 4.79 Å². The van der Waals surface area contributed by atoms with E-state index in [1.54, 1.807) is 6.92 Å². The van der Waals surface area contributed by atoms with Gasteiger partial charge in [-0.05, 0) is 19.8 Å². The van der Waals surface area contributed by atoms with Crippen LogP contribution < -0.4 is 0 Å². The van der Waals surface area contributed by atoms with Gasteiger partial charge in [-0.15, -0.1) is 0 Å². The molecule has 0 fully saturated rings. The van der Waals surface area contributed by atoms with Gasteiger partial charge in [0.15, 0.2) is 0 Å². The molecule has 1 atom stereocenters. The average molecular weight is 258 g/mol. The summed E-state index contributed by atoms with van der Waals surface area (Å²) in [6.45, 7) is 14.2. The van der Waals surface area contributed by atoms with Crippen molar-refractivity contribution < 1.29 is 4.79 Å². The lowest BCUT2D eigenvalue weighted by molar-refractivity contribution is -0.121. The highest BCUT2D eigenvalue weighted by atomic mass is 16.1. The second-order valence-electron chi connectivity index (χ2n) is 4.30. The van der Waals surface area contributed by atoms with Crippen LogP contribution >= 0.6 is 0 Å². The van der Waals surface area contributed by atoms with Crippen molar-refractivity contribution in [2.45, 2.75) is 99.8 Å². The molecule has 0 bridgehead atoms. The number of ketones is 1. The van der Waals surface area contributed by atoms with Gasteiger partial charge in [-0.3, -0.25) is 4.79 Å². The zero-order valence-electron chi connectivity index (χ0n) is 14.1. The predicted molar refractivity (Wildman–Crippen MR) is 85.2 cm³/mol. The molecular formula is C17H38O. The van der Waals surface area contributed by atoms with Crippen LogP contribution in [0.2, 0.25) is 0 Å². The monoisotopic (exact) mass is 258 g/mol. The fourth-order valence-corrected chi connectivity index (χ4v) is 1.82. The third-order valence-electron chi connectivity index (χ3n) is 2.89. The van der Waals surface area contributed by atoms with Gasteiger partial charge in [-0.25, -0.2) is 0 Å². The molecule has 18 heavy (non-hydrogen) atoms. The maximum atomic E-state index is 11.3. The van der Waals surface area contributed by atoms with Crippen molar-refractivity contribution >= 4 is 5.78 Å². The third-order valence-corrected chi connectivity index (χ3v) is 2.89. The summed E-state index contributed by atoms with van der Waals surface area (Å²) >= 11 is 0. The Bertz CT molecular complexity index is 141. The van der Waals surface area contributed by atoms with Gasteiger partial charge in [-0.1, -0.05) is 80.1 Å². The van der Waals surface area contributed by atoms with E-state index in [0.717, 1.165) is 12.8 Å². The Morgan fingerprint density at radius 1 is 0.778 bits per heavy atom. The fourth-order valence-electron chi connectivity index (χ4n) is 1.82. The Balaban J connectivity index is -0.000000506. The molecule has 0 amide bonds. The van der Waals surface area contributed by atoms with E-state index in [0.29, 0.717) is 11.7 Å². The van der Waals surface area contributed by atoms with Crippen LogP contribution in [0.4, 0.5) is 0 Å². The standard InChI is InChI=1S/C13H26O.2C2H6/c1-4-6-8-9-11-13(12(3)14)10-7-5-2;2*1-2/h13H,4-11H2,1-3H3;2*1-2H3. The summed E-state index contributed by atoms with van der Waals surface area (Å²) in [4.78, 5) is 11.3. The molecule has 112 valence electrons. The van der Waals surface area contributed by atoms with Gasteiger partial charge in [0.2, 0.25) is 0 Å². The number of unbranched alkanes of at least 4 members (excludes halogenated alkanes) is 4. The number of hydrogen-bond donors (Lipinski definition) is 0. The Kier molecular flexibility index (Phi) is 27.8. The normalized spacial score (nSPS) is 10.6. The third kappa shape index (κ3) is 18.0. The smallest absolute Gasteiger partial charge is 0.132 e. The second-order valence-corrected chi connectivity index (χ2v) is 4.30. The molecule has 0 saturated carbocycles. The number of rotatable bonds is 9. The Hall–Kier alpha value is -0.330. The van der Waals surface area contributed by atoms with E-state index in [2.05, 4.69) is 13.8 Å². The summed E-state index contributed by atoms with van der Waals surface area (Å²) < 4.78 is 0. The van der Waals surface area contributed by atoms with E-state index in [1.165, 1.54) is 38.5 Å². The highest BCUT2D eigenvalue weighted by Gasteiger charge is 2.12. The van der Waals surface area contributed by atoms with E-state index in [4.69, 9.17) is 0 Å². The van der Waals surface area contributed by atoms with Gasteiger partial charge in [0.1, 0.15) is 5.78 Å². The van der Waals surface area contributed by atoms with Crippen LogP contribution in [0.1, 0.15) is 99.8 Å². The average Bonchev–Trinajstić information content (AvgIpc) is 2.42. The summed E-state index contributed by atoms with van der Waals surface area (Å²) in [7, 11) is 0. The highest BCUT2D eigenvalue weighted by Crippen LogP contribution is 2.18. The van der Waals surface area contributed by atoms with Gasteiger partial charge in [0, 0.05) is 5.92 Å². The Morgan fingerprint density at radius 3 is 1.61 bits per heavy atom. The van der Waals surface area contributed by atoms with E-state index in [1.807, 2.05) is 27.7 Å². The first-order valence-electron chi connectivity index (χ1n) is 8.22. The van der Waals surface area contributed by atoms with Crippen molar-refractivity contribution in [2.75, 3.05) is 0 Å². The van der Waals surface area contributed by atoms with Gasteiger partial charge in [0.25, 0.3) is 0 Å². The molecule has 0 aromatic rings. The maximum absolute atomic E-state index is 11.3. The molecule has 0 aliphatic heterocycles. The highest BCUT2D eigenvalue weighted by molar-refractivity contribution is 5.78. The number of carbonyl (C=O) groups excluding carboxylic acids is 1. The lowest BCUT2D eigenvalue weighted by atomic mass is 9.92. The minimum absolute atomic E-state index is 0.354. The molecule has 0 aliphatic carbocycles. The van der Waals surface area contributed by atoms with E-state index in [9.17, 15) is 4.79 Å². The van der Waals surface area contributed by atoms with E-state index >= 15 is 0 Å². The van der Waals surface area contributed by atoms with Crippen LogP contribution in [0.3, 0.4) is 0 Å². The van der Waals surface area contributed by atoms with E-state index < -0.39 is 0 Å². The number of hydrogen-bond acceptors (Lipinski definition) is 1. The first kappa shape index (κ1) is 22.8. The van der Waals surface area contributed by atoms with E-state index in [-0.39, 0.29) is 0 Å². The molecule has 1 heteroatoms. The summed E-state index contributed by atoms with van der Waals surface area (Å²) in [5, 5.41) is 0. The molecule has 1 unspecified atom stereocenters. The lowest BCUT2D eigenvalue weighted by Crippen LogP contribution is -2.10.